The molecule has 0 fully saturated rings. The summed E-state index contributed by atoms with van der Waals surface area (Å²) in [5.41, 5.74) is 2.48. The number of nitrogens with zero attached hydrogens (tertiary/aromatic N) is 5. The molecule has 0 atom stereocenters. The third-order valence-electron chi connectivity index (χ3n) is 5.83. The Balaban J connectivity index is 1.82. The van der Waals surface area contributed by atoms with Crippen LogP contribution < -0.4 is 20.7 Å². The molecular weight excluding hydrogens is 434 g/mol. The normalized spacial score (nSPS) is 11.4. The van der Waals surface area contributed by atoms with Crippen molar-refractivity contribution in [3.05, 3.63) is 75.6 Å². The van der Waals surface area contributed by atoms with Crippen LogP contribution in [0.4, 0.5) is 0 Å². The first kappa shape index (κ1) is 21.6. The van der Waals surface area contributed by atoms with E-state index in [0.717, 1.165) is 33.0 Å². The fourth-order valence-electron chi connectivity index (χ4n) is 4.18. The number of benzene rings is 2. The second-order valence-corrected chi connectivity index (χ2v) is 7.89. The summed E-state index contributed by atoms with van der Waals surface area (Å²) in [4.78, 5) is 30.2. The van der Waals surface area contributed by atoms with Gasteiger partial charge in [0.2, 0.25) is 5.78 Å². The number of hydrogen-bond acceptors (Lipinski definition) is 5. The highest BCUT2D eigenvalue weighted by atomic mass is 16.5. The number of imidazole rings is 2. The molecule has 34 heavy (non-hydrogen) atoms. The molecule has 0 aliphatic heterocycles. The van der Waals surface area contributed by atoms with Crippen LogP contribution in [0.3, 0.4) is 0 Å². The van der Waals surface area contributed by atoms with Crippen molar-refractivity contribution in [2.75, 3.05) is 13.2 Å². The molecule has 2 aromatic carbocycles. The zero-order valence-electron chi connectivity index (χ0n) is 19.5. The van der Waals surface area contributed by atoms with Gasteiger partial charge in [-0.1, -0.05) is 0 Å². The second-order valence-electron chi connectivity index (χ2n) is 7.89. The summed E-state index contributed by atoms with van der Waals surface area (Å²) < 4.78 is 17.4. The lowest BCUT2D eigenvalue weighted by atomic mass is 10.1. The van der Waals surface area contributed by atoms with Gasteiger partial charge < -0.3 is 9.47 Å². The highest BCUT2D eigenvalue weighted by Crippen LogP contribution is 2.30. The van der Waals surface area contributed by atoms with Gasteiger partial charge in [0.1, 0.15) is 11.5 Å². The summed E-state index contributed by atoms with van der Waals surface area (Å²) in [5.74, 6) is 2.08. The van der Waals surface area contributed by atoms with E-state index in [0.29, 0.717) is 30.2 Å². The van der Waals surface area contributed by atoms with Crippen LogP contribution in [0.2, 0.25) is 0 Å². The van der Waals surface area contributed by atoms with Crippen LogP contribution in [-0.2, 0) is 14.1 Å². The molecule has 3 aromatic heterocycles. The van der Waals surface area contributed by atoms with Crippen molar-refractivity contribution in [3.63, 3.8) is 0 Å². The maximum atomic E-state index is 13.0. The molecule has 0 aliphatic carbocycles. The molecule has 0 saturated carbocycles. The minimum atomic E-state index is -0.419. The lowest BCUT2D eigenvalue weighted by Crippen LogP contribution is -2.37. The van der Waals surface area contributed by atoms with Gasteiger partial charge in [-0.05, 0) is 62.4 Å². The molecule has 0 aliphatic rings. The predicted octanol–water partition coefficient (Wildman–Crippen LogP) is 3.14. The molecule has 0 radical (unpaired) electrons. The highest BCUT2D eigenvalue weighted by molar-refractivity contribution is 5.79. The van der Waals surface area contributed by atoms with Crippen molar-refractivity contribution in [1.29, 1.82) is 0 Å². The Bertz CT molecular complexity index is 1620. The van der Waals surface area contributed by atoms with Gasteiger partial charge in [0, 0.05) is 31.5 Å². The Labute approximate surface area is 195 Å². The molecule has 0 bridgehead atoms. The maximum absolute atomic E-state index is 13.0. The summed E-state index contributed by atoms with van der Waals surface area (Å²) in [6, 6.07) is 15.5. The minimum Gasteiger partial charge on any atom is -0.494 e. The number of aryl methyl sites for hydroxylation is 1. The Morgan fingerprint density at radius 2 is 1.41 bits per heavy atom. The molecular formula is C25H25N5O4. The Hall–Kier alpha value is -4.27. The molecule has 0 amide bonds. The molecule has 9 heteroatoms. The minimum absolute atomic E-state index is 0.334. The van der Waals surface area contributed by atoms with E-state index >= 15 is 0 Å². The van der Waals surface area contributed by atoms with Crippen LogP contribution >= 0.6 is 0 Å². The van der Waals surface area contributed by atoms with Gasteiger partial charge >= 0.3 is 5.69 Å². The summed E-state index contributed by atoms with van der Waals surface area (Å²) in [6.07, 6.45) is 1.88. The lowest BCUT2D eigenvalue weighted by Gasteiger charge is -2.11. The number of hydrogen-bond donors (Lipinski definition) is 0. The van der Waals surface area contributed by atoms with Crippen LogP contribution in [0.1, 0.15) is 13.8 Å². The highest BCUT2D eigenvalue weighted by Gasteiger charge is 2.21. The van der Waals surface area contributed by atoms with Crippen molar-refractivity contribution >= 4 is 16.9 Å². The molecule has 9 nitrogen and oxygen atoms in total. The average Bonchev–Trinajstić information content (AvgIpc) is 3.39. The summed E-state index contributed by atoms with van der Waals surface area (Å²) in [7, 11) is 3.09. The van der Waals surface area contributed by atoms with Crippen LogP contribution in [0.5, 0.6) is 11.5 Å². The first-order valence-electron chi connectivity index (χ1n) is 11.1. The Morgan fingerprint density at radius 3 is 2.00 bits per heavy atom. The lowest BCUT2D eigenvalue weighted by molar-refractivity contribution is 0.340. The van der Waals surface area contributed by atoms with Gasteiger partial charge in [-0.3, -0.25) is 22.9 Å². The van der Waals surface area contributed by atoms with Crippen molar-refractivity contribution in [3.8, 4) is 28.4 Å². The van der Waals surface area contributed by atoms with Gasteiger partial charge in [0.25, 0.3) is 5.56 Å². The van der Waals surface area contributed by atoms with E-state index < -0.39 is 11.2 Å². The molecule has 0 saturated heterocycles. The molecule has 5 aromatic rings. The van der Waals surface area contributed by atoms with E-state index in [-0.39, 0.29) is 0 Å². The van der Waals surface area contributed by atoms with Gasteiger partial charge in [-0.25, -0.2) is 4.79 Å². The Kier molecular flexibility index (Phi) is 5.24. The van der Waals surface area contributed by atoms with Crippen LogP contribution in [-0.4, -0.2) is 36.3 Å². The zero-order valence-corrected chi connectivity index (χ0v) is 19.5. The number of fused-ring (bicyclic) bond motifs is 3. The van der Waals surface area contributed by atoms with E-state index in [4.69, 9.17) is 14.5 Å². The zero-order chi connectivity index (χ0) is 24.0. The summed E-state index contributed by atoms with van der Waals surface area (Å²) in [6.45, 7) is 5.05. The number of ether oxygens (including phenoxy) is 2. The molecule has 5 rings (SSSR count). The van der Waals surface area contributed by atoms with E-state index in [1.54, 1.807) is 11.4 Å². The molecule has 0 spiro atoms. The van der Waals surface area contributed by atoms with Gasteiger partial charge in [0.15, 0.2) is 11.2 Å². The van der Waals surface area contributed by atoms with E-state index in [1.165, 1.54) is 11.6 Å². The summed E-state index contributed by atoms with van der Waals surface area (Å²) >= 11 is 0. The van der Waals surface area contributed by atoms with Crippen LogP contribution in [0.15, 0.2) is 64.3 Å². The monoisotopic (exact) mass is 459 g/mol. The maximum Gasteiger partial charge on any atom is 0.332 e. The van der Waals surface area contributed by atoms with Crippen molar-refractivity contribution in [2.24, 2.45) is 14.1 Å². The summed E-state index contributed by atoms with van der Waals surface area (Å²) in [5, 5.41) is 0. The molecule has 174 valence electrons. The van der Waals surface area contributed by atoms with Gasteiger partial charge in [-0.2, -0.15) is 4.98 Å². The fourth-order valence-corrected chi connectivity index (χ4v) is 4.18. The fraction of sp³-hybridized carbons (Fsp3) is 0.240. The first-order valence-corrected chi connectivity index (χ1v) is 11.1. The number of rotatable bonds is 6. The predicted molar refractivity (Wildman–Crippen MR) is 130 cm³/mol. The van der Waals surface area contributed by atoms with Crippen molar-refractivity contribution in [1.82, 2.24) is 23.1 Å². The molecule has 3 heterocycles. The van der Waals surface area contributed by atoms with E-state index in [9.17, 15) is 9.59 Å². The van der Waals surface area contributed by atoms with Crippen LogP contribution in [0, 0.1) is 0 Å². The average molecular weight is 460 g/mol. The van der Waals surface area contributed by atoms with E-state index in [1.807, 2.05) is 73.1 Å². The SMILES string of the molecule is CCOc1ccc(-c2cn3c4c(=O)n(C)c(=O)n(C)c4nc3n2-c2ccc(OCC)cc2)cc1. The topological polar surface area (TPSA) is 84.7 Å². The Morgan fingerprint density at radius 1 is 0.824 bits per heavy atom. The first-order chi connectivity index (χ1) is 16.4. The largest absolute Gasteiger partial charge is 0.494 e. The third kappa shape index (κ3) is 3.28. The third-order valence-corrected chi connectivity index (χ3v) is 5.83. The standard InChI is InChI=1S/C25H25N5O4/c1-5-33-18-11-7-16(8-12-18)20-15-29-21-22(27(3)25(32)28(4)23(21)31)26-24(29)30(20)17-9-13-19(14-10-17)34-6-2/h7-15H,5-6H2,1-4H3. The van der Waals surface area contributed by atoms with Crippen molar-refractivity contribution < 1.29 is 9.47 Å². The van der Waals surface area contributed by atoms with Gasteiger partial charge in [0.05, 0.1) is 18.9 Å². The molecule has 0 N–H and O–H groups in total. The second kappa shape index (κ2) is 8.26. The molecule has 0 unspecified atom stereocenters. The van der Waals surface area contributed by atoms with Crippen molar-refractivity contribution in [2.45, 2.75) is 13.8 Å². The smallest absolute Gasteiger partial charge is 0.332 e. The van der Waals surface area contributed by atoms with E-state index in [2.05, 4.69) is 0 Å². The van der Waals surface area contributed by atoms with Crippen LogP contribution in [0.25, 0.3) is 33.9 Å². The number of aromatic nitrogens is 5. The quantitative estimate of drug-likeness (QED) is 0.390. The van der Waals surface area contributed by atoms with Gasteiger partial charge in [-0.15, -0.1) is 0 Å².